The molecule has 0 aliphatic carbocycles. The van der Waals surface area contributed by atoms with Gasteiger partial charge in [-0.1, -0.05) is 29.3 Å². The van der Waals surface area contributed by atoms with Gasteiger partial charge in [0.05, 0.1) is 6.61 Å². The summed E-state index contributed by atoms with van der Waals surface area (Å²) in [6, 6.07) is 10.2. The van der Waals surface area contributed by atoms with Crippen LogP contribution in [-0.2, 0) is 16.1 Å². The third kappa shape index (κ3) is 5.37. The fourth-order valence-electron chi connectivity index (χ4n) is 2.13. The van der Waals surface area contributed by atoms with Crippen LogP contribution in [0.4, 0.5) is 5.69 Å². The molecule has 0 aromatic heterocycles. The highest BCUT2D eigenvalue weighted by Gasteiger charge is 2.15. The number of hydrogen-bond acceptors (Lipinski definition) is 3. The second-order valence-corrected chi connectivity index (χ2v) is 6.13. The zero-order chi connectivity index (χ0) is 18.4. The molecular formula is C18H18Cl2N2O3. The van der Waals surface area contributed by atoms with Crippen molar-refractivity contribution < 1.29 is 14.3 Å². The van der Waals surface area contributed by atoms with E-state index in [0.717, 1.165) is 5.56 Å². The van der Waals surface area contributed by atoms with E-state index in [4.69, 9.17) is 27.9 Å². The topological polar surface area (TPSA) is 67.4 Å². The second-order valence-electron chi connectivity index (χ2n) is 5.28. The zero-order valence-corrected chi connectivity index (χ0v) is 15.4. The summed E-state index contributed by atoms with van der Waals surface area (Å²) in [5.74, 6) is -0.795. The Morgan fingerprint density at radius 2 is 1.84 bits per heavy atom. The summed E-state index contributed by atoms with van der Waals surface area (Å²) in [6.45, 7) is 4.40. The van der Waals surface area contributed by atoms with E-state index in [2.05, 4.69) is 10.6 Å². The lowest BCUT2D eigenvalue weighted by Gasteiger charge is -2.11. The van der Waals surface area contributed by atoms with Crippen molar-refractivity contribution in [1.82, 2.24) is 5.32 Å². The van der Waals surface area contributed by atoms with E-state index in [9.17, 15) is 9.59 Å². The lowest BCUT2D eigenvalue weighted by Crippen LogP contribution is -2.35. The van der Waals surface area contributed by atoms with Gasteiger partial charge in [-0.05, 0) is 55.3 Å². The number of aryl methyl sites for hydroxylation is 1. The maximum atomic E-state index is 12.0. The summed E-state index contributed by atoms with van der Waals surface area (Å²) in [7, 11) is 0. The molecule has 0 heterocycles. The van der Waals surface area contributed by atoms with Gasteiger partial charge in [-0.15, -0.1) is 0 Å². The van der Waals surface area contributed by atoms with Gasteiger partial charge in [0.2, 0.25) is 0 Å². The van der Waals surface area contributed by atoms with Crippen molar-refractivity contribution in [1.29, 1.82) is 0 Å². The normalized spacial score (nSPS) is 10.2. The molecule has 0 radical (unpaired) electrons. The molecule has 0 bridgehead atoms. The van der Waals surface area contributed by atoms with Gasteiger partial charge in [0.1, 0.15) is 5.75 Å². The van der Waals surface area contributed by atoms with Crippen LogP contribution in [0.3, 0.4) is 0 Å². The smallest absolute Gasteiger partial charge is 0.313 e. The number of amides is 2. The Kier molecular flexibility index (Phi) is 6.67. The minimum Gasteiger partial charge on any atom is -0.494 e. The van der Waals surface area contributed by atoms with E-state index >= 15 is 0 Å². The van der Waals surface area contributed by atoms with E-state index < -0.39 is 11.8 Å². The van der Waals surface area contributed by atoms with Crippen molar-refractivity contribution in [2.45, 2.75) is 20.4 Å². The molecule has 0 atom stereocenters. The van der Waals surface area contributed by atoms with Gasteiger partial charge in [0.15, 0.2) is 0 Å². The van der Waals surface area contributed by atoms with Gasteiger partial charge in [-0.3, -0.25) is 9.59 Å². The van der Waals surface area contributed by atoms with Crippen LogP contribution < -0.4 is 15.4 Å². The number of anilines is 1. The average molecular weight is 381 g/mol. The number of benzene rings is 2. The Balaban J connectivity index is 1.95. The molecule has 0 fully saturated rings. The Morgan fingerprint density at radius 3 is 2.48 bits per heavy atom. The van der Waals surface area contributed by atoms with Gasteiger partial charge in [-0.25, -0.2) is 0 Å². The predicted octanol–water partition coefficient (Wildman–Crippen LogP) is 3.96. The molecule has 2 aromatic rings. The van der Waals surface area contributed by atoms with Crippen LogP contribution in [0.15, 0.2) is 36.4 Å². The quantitative estimate of drug-likeness (QED) is 0.771. The first-order valence-electron chi connectivity index (χ1n) is 7.67. The fourth-order valence-corrected chi connectivity index (χ4v) is 2.61. The summed E-state index contributed by atoms with van der Waals surface area (Å²) in [4.78, 5) is 24.0. The third-order valence-corrected chi connectivity index (χ3v) is 4.00. The highest BCUT2D eigenvalue weighted by Crippen LogP contribution is 2.22. The van der Waals surface area contributed by atoms with E-state index in [0.29, 0.717) is 33.7 Å². The molecule has 5 nitrogen and oxygen atoms in total. The number of nitrogens with one attached hydrogen (secondary N) is 2. The van der Waals surface area contributed by atoms with Crippen LogP contribution in [0.2, 0.25) is 10.0 Å². The highest BCUT2D eigenvalue weighted by molar-refractivity contribution is 6.39. The van der Waals surface area contributed by atoms with Crippen LogP contribution in [0.5, 0.6) is 5.75 Å². The molecule has 0 aliphatic heterocycles. The predicted molar refractivity (Wildman–Crippen MR) is 99.3 cm³/mol. The number of carbonyl (C=O) groups excluding carboxylic acids is 2. The molecule has 0 aliphatic rings. The van der Waals surface area contributed by atoms with Crippen molar-refractivity contribution in [2.75, 3.05) is 11.9 Å². The van der Waals surface area contributed by atoms with E-state index in [1.807, 2.05) is 13.8 Å². The molecule has 0 spiro atoms. The minimum atomic E-state index is -0.752. The SMILES string of the molecule is CCOc1ccc(NC(=O)C(=O)NCc2ccc(Cl)cc2Cl)c(C)c1. The van der Waals surface area contributed by atoms with Crippen molar-refractivity contribution in [3.8, 4) is 5.75 Å². The minimum absolute atomic E-state index is 0.129. The van der Waals surface area contributed by atoms with Crippen LogP contribution in [0, 0.1) is 6.92 Å². The lowest BCUT2D eigenvalue weighted by atomic mass is 10.2. The second kappa shape index (κ2) is 8.74. The van der Waals surface area contributed by atoms with Crippen molar-refractivity contribution in [2.24, 2.45) is 0 Å². The Labute approximate surface area is 156 Å². The van der Waals surface area contributed by atoms with Crippen LogP contribution >= 0.6 is 23.2 Å². The highest BCUT2D eigenvalue weighted by atomic mass is 35.5. The summed E-state index contributed by atoms with van der Waals surface area (Å²) in [6.07, 6.45) is 0. The van der Waals surface area contributed by atoms with Gasteiger partial charge in [0.25, 0.3) is 0 Å². The Hall–Kier alpha value is -2.24. The maximum Gasteiger partial charge on any atom is 0.313 e. The largest absolute Gasteiger partial charge is 0.494 e. The van der Waals surface area contributed by atoms with Crippen molar-refractivity contribution in [3.63, 3.8) is 0 Å². The fraction of sp³-hybridized carbons (Fsp3) is 0.222. The Morgan fingerprint density at radius 1 is 1.08 bits per heavy atom. The molecule has 2 aromatic carbocycles. The molecule has 0 saturated heterocycles. The molecule has 0 unspecified atom stereocenters. The summed E-state index contributed by atoms with van der Waals surface area (Å²) in [5, 5.41) is 6.04. The standard InChI is InChI=1S/C18H18Cl2N2O3/c1-3-25-14-6-7-16(11(2)8-14)22-18(24)17(23)21-10-12-4-5-13(19)9-15(12)20/h4-9H,3,10H2,1-2H3,(H,21,23)(H,22,24). The van der Waals surface area contributed by atoms with E-state index in [1.54, 1.807) is 36.4 Å². The van der Waals surface area contributed by atoms with Crippen LogP contribution in [0.25, 0.3) is 0 Å². The van der Waals surface area contributed by atoms with Gasteiger partial charge in [-0.2, -0.15) is 0 Å². The average Bonchev–Trinajstić information content (AvgIpc) is 2.56. The van der Waals surface area contributed by atoms with Gasteiger partial charge < -0.3 is 15.4 Å². The number of hydrogen-bond donors (Lipinski definition) is 2. The number of carbonyl (C=O) groups is 2. The zero-order valence-electron chi connectivity index (χ0n) is 13.9. The van der Waals surface area contributed by atoms with Crippen molar-refractivity contribution >= 4 is 40.7 Å². The monoisotopic (exact) mass is 380 g/mol. The first kappa shape index (κ1) is 19.1. The number of ether oxygens (including phenoxy) is 1. The molecule has 132 valence electrons. The third-order valence-electron chi connectivity index (χ3n) is 3.42. The molecule has 0 saturated carbocycles. The molecule has 25 heavy (non-hydrogen) atoms. The first-order valence-corrected chi connectivity index (χ1v) is 8.43. The first-order chi connectivity index (χ1) is 11.9. The lowest BCUT2D eigenvalue weighted by molar-refractivity contribution is -0.136. The number of rotatable bonds is 5. The summed E-state index contributed by atoms with van der Waals surface area (Å²) >= 11 is 11.9. The van der Waals surface area contributed by atoms with Gasteiger partial charge in [0, 0.05) is 22.3 Å². The van der Waals surface area contributed by atoms with Crippen LogP contribution in [-0.4, -0.2) is 18.4 Å². The van der Waals surface area contributed by atoms with E-state index in [-0.39, 0.29) is 6.54 Å². The summed E-state index contributed by atoms with van der Waals surface area (Å²) in [5.41, 5.74) is 2.02. The molecular weight excluding hydrogens is 363 g/mol. The van der Waals surface area contributed by atoms with Crippen molar-refractivity contribution in [3.05, 3.63) is 57.6 Å². The molecule has 2 amide bonds. The molecule has 2 rings (SSSR count). The summed E-state index contributed by atoms with van der Waals surface area (Å²) < 4.78 is 5.39. The Bertz CT molecular complexity index is 794. The van der Waals surface area contributed by atoms with E-state index in [1.165, 1.54) is 0 Å². The van der Waals surface area contributed by atoms with Crippen LogP contribution in [0.1, 0.15) is 18.1 Å². The molecule has 7 heteroatoms. The number of halogens is 2. The maximum absolute atomic E-state index is 12.0. The molecule has 2 N–H and O–H groups in total. The van der Waals surface area contributed by atoms with Gasteiger partial charge >= 0.3 is 11.8 Å².